The second-order valence-corrected chi connectivity index (χ2v) is 9.59. The molecule has 2 aromatic rings. The van der Waals surface area contributed by atoms with Crippen molar-refractivity contribution in [3.05, 3.63) is 71.1 Å². The van der Waals surface area contributed by atoms with Gasteiger partial charge in [0, 0.05) is 37.7 Å². The monoisotopic (exact) mass is 477 g/mol. The molecule has 176 valence electrons. The van der Waals surface area contributed by atoms with E-state index in [4.69, 9.17) is 0 Å². The molecule has 0 aromatic heterocycles. The number of anilines is 1. The number of carbonyl (C=O) groups is 2. The number of nitrogens with zero attached hydrogens (tertiary/aromatic N) is 2. The normalized spacial score (nSPS) is 15.4. The summed E-state index contributed by atoms with van der Waals surface area (Å²) >= 11 is 0. The molecule has 0 radical (unpaired) electrons. The van der Waals surface area contributed by atoms with Gasteiger partial charge in [-0.3, -0.25) is 14.5 Å². The minimum Gasteiger partial charge on any atom is -0.340 e. The molecule has 0 saturated carbocycles. The van der Waals surface area contributed by atoms with Crippen LogP contribution in [0.1, 0.15) is 12.0 Å². The maximum Gasteiger partial charge on any atom is 0.238 e. The number of hydrogen-bond donors (Lipinski definition) is 1. The van der Waals surface area contributed by atoms with E-state index in [2.05, 4.69) is 5.32 Å². The number of halogens is 2. The highest BCUT2D eigenvalue weighted by Crippen LogP contribution is 2.15. The summed E-state index contributed by atoms with van der Waals surface area (Å²) < 4.78 is 51.4. The number of amides is 2. The average molecular weight is 478 g/mol. The van der Waals surface area contributed by atoms with E-state index in [1.165, 1.54) is 11.0 Å². The first-order valence-corrected chi connectivity index (χ1v) is 12.1. The number of carbonyl (C=O) groups excluding carboxylic acids is 2. The molecule has 10 heteroatoms. The van der Waals surface area contributed by atoms with Crippen LogP contribution in [0.4, 0.5) is 14.5 Å². The van der Waals surface area contributed by atoms with Crippen LogP contribution in [0.15, 0.2) is 53.9 Å². The van der Waals surface area contributed by atoms with Crippen molar-refractivity contribution in [2.75, 3.05) is 43.8 Å². The zero-order valence-corrected chi connectivity index (χ0v) is 18.7. The molecule has 1 saturated heterocycles. The van der Waals surface area contributed by atoms with Gasteiger partial charge in [-0.25, -0.2) is 17.2 Å². The molecule has 2 aromatic carbocycles. The van der Waals surface area contributed by atoms with Crippen LogP contribution < -0.4 is 5.32 Å². The van der Waals surface area contributed by atoms with Crippen LogP contribution in [0.5, 0.6) is 0 Å². The van der Waals surface area contributed by atoms with Crippen LogP contribution in [0.2, 0.25) is 0 Å². The van der Waals surface area contributed by atoms with Crippen molar-refractivity contribution in [1.82, 2.24) is 9.80 Å². The molecule has 0 atom stereocenters. The van der Waals surface area contributed by atoms with Crippen molar-refractivity contribution in [1.29, 1.82) is 0 Å². The zero-order chi connectivity index (χ0) is 23.8. The average Bonchev–Trinajstić information content (AvgIpc) is 3.00. The first kappa shape index (κ1) is 24.5. The van der Waals surface area contributed by atoms with Crippen molar-refractivity contribution in [3.63, 3.8) is 0 Å². The van der Waals surface area contributed by atoms with Gasteiger partial charge < -0.3 is 10.2 Å². The quantitative estimate of drug-likeness (QED) is 0.662. The number of rotatable bonds is 7. The van der Waals surface area contributed by atoms with E-state index in [1.54, 1.807) is 29.2 Å². The SMILES string of the molecule is O=C(CN1CCCN(C(=O)CS(=O)(=O)/C=C/c2ccccc2)CC1)Nc1ccc(F)cc1F. The Morgan fingerprint density at radius 1 is 1.00 bits per heavy atom. The Morgan fingerprint density at radius 2 is 1.76 bits per heavy atom. The third-order valence-electron chi connectivity index (χ3n) is 5.11. The summed E-state index contributed by atoms with van der Waals surface area (Å²) in [5, 5.41) is 3.45. The molecule has 1 aliphatic heterocycles. The maximum atomic E-state index is 13.7. The smallest absolute Gasteiger partial charge is 0.238 e. The van der Waals surface area contributed by atoms with E-state index < -0.39 is 39.0 Å². The molecule has 0 aliphatic carbocycles. The molecule has 2 amide bonds. The molecule has 1 heterocycles. The second-order valence-electron chi connectivity index (χ2n) is 7.70. The minimum atomic E-state index is -3.73. The summed E-state index contributed by atoms with van der Waals surface area (Å²) in [6.45, 7) is 1.50. The van der Waals surface area contributed by atoms with Crippen LogP contribution in [0.3, 0.4) is 0 Å². The Bertz CT molecular complexity index is 1120. The third-order valence-corrected chi connectivity index (χ3v) is 6.31. The Kier molecular flexibility index (Phi) is 8.29. The van der Waals surface area contributed by atoms with Gasteiger partial charge in [0.25, 0.3) is 0 Å². The highest BCUT2D eigenvalue weighted by Gasteiger charge is 2.24. The van der Waals surface area contributed by atoms with Gasteiger partial charge in [0.15, 0.2) is 9.84 Å². The molecule has 1 fully saturated rings. The predicted molar refractivity (Wildman–Crippen MR) is 122 cm³/mol. The maximum absolute atomic E-state index is 13.7. The van der Waals surface area contributed by atoms with E-state index >= 15 is 0 Å². The van der Waals surface area contributed by atoms with Crippen LogP contribution in [-0.4, -0.2) is 68.5 Å². The van der Waals surface area contributed by atoms with Gasteiger partial charge in [-0.1, -0.05) is 30.3 Å². The van der Waals surface area contributed by atoms with Crippen molar-refractivity contribution in [2.45, 2.75) is 6.42 Å². The van der Waals surface area contributed by atoms with E-state index in [0.29, 0.717) is 32.1 Å². The van der Waals surface area contributed by atoms with Crippen LogP contribution in [-0.2, 0) is 19.4 Å². The molecule has 3 rings (SSSR count). The van der Waals surface area contributed by atoms with E-state index in [-0.39, 0.29) is 18.8 Å². The van der Waals surface area contributed by atoms with Crippen molar-refractivity contribution in [3.8, 4) is 0 Å². The van der Waals surface area contributed by atoms with Crippen LogP contribution in [0, 0.1) is 11.6 Å². The summed E-state index contributed by atoms with van der Waals surface area (Å²) in [5.74, 6) is -3.18. The Hall–Kier alpha value is -3.11. The first-order chi connectivity index (χ1) is 15.7. The zero-order valence-electron chi connectivity index (χ0n) is 17.9. The van der Waals surface area contributed by atoms with Gasteiger partial charge in [-0.05, 0) is 30.2 Å². The first-order valence-electron chi connectivity index (χ1n) is 10.4. The number of sulfone groups is 1. The fraction of sp³-hybridized carbons (Fsp3) is 0.304. The lowest BCUT2D eigenvalue weighted by atomic mass is 10.2. The predicted octanol–water partition coefficient (Wildman–Crippen LogP) is 2.52. The highest BCUT2D eigenvalue weighted by molar-refractivity contribution is 7.95. The van der Waals surface area contributed by atoms with Gasteiger partial charge in [-0.2, -0.15) is 0 Å². The summed E-state index contributed by atoms with van der Waals surface area (Å²) in [7, 11) is -3.73. The molecule has 0 bridgehead atoms. The molecule has 7 nitrogen and oxygen atoms in total. The second kappa shape index (κ2) is 11.2. The molecular weight excluding hydrogens is 452 g/mol. The molecule has 0 spiro atoms. The Labute approximate surface area is 191 Å². The Morgan fingerprint density at radius 3 is 2.48 bits per heavy atom. The summed E-state index contributed by atoms with van der Waals surface area (Å²) in [4.78, 5) is 28.1. The molecule has 1 aliphatic rings. The molecule has 1 N–H and O–H groups in total. The summed E-state index contributed by atoms with van der Waals surface area (Å²) in [6.07, 6.45) is 2.01. The van der Waals surface area contributed by atoms with E-state index in [0.717, 1.165) is 23.1 Å². The number of hydrogen-bond acceptors (Lipinski definition) is 5. The minimum absolute atomic E-state index is 0.0308. The Balaban J connectivity index is 1.50. The lowest BCUT2D eigenvalue weighted by Gasteiger charge is -2.21. The number of nitrogens with one attached hydrogen (secondary N) is 1. The van der Waals surface area contributed by atoms with Crippen LogP contribution >= 0.6 is 0 Å². The molecule has 0 unspecified atom stereocenters. The largest absolute Gasteiger partial charge is 0.340 e. The standard InChI is InChI=1S/C23H25F2N3O4S/c24-19-7-8-21(20(25)15-19)26-22(29)16-27-10-4-11-28(13-12-27)23(30)17-33(31,32)14-9-18-5-2-1-3-6-18/h1-3,5-9,14-15H,4,10-13,16-17H2,(H,26,29)/b14-9+. The van der Waals surface area contributed by atoms with Gasteiger partial charge in [0.05, 0.1) is 12.2 Å². The number of benzene rings is 2. The van der Waals surface area contributed by atoms with Crippen molar-refractivity contribution < 1.29 is 26.8 Å². The summed E-state index contributed by atoms with van der Waals surface area (Å²) in [6, 6.07) is 11.8. The van der Waals surface area contributed by atoms with Gasteiger partial charge in [0.1, 0.15) is 17.4 Å². The lowest BCUT2D eigenvalue weighted by molar-refractivity contribution is -0.128. The third kappa shape index (κ3) is 7.76. The molecule has 33 heavy (non-hydrogen) atoms. The van der Waals surface area contributed by atoms with E-state index in [9.17, 15) is 26.8 Å². The van der Waals surface area contributed by atoms with Crippen molar-refractivity contribution >= 4 is 33.4 Å². The highest BCUT2D eigenvalue weighted by atomic mass is 32.2. The fourth-order valence-electron chi connectivity index (χ4n) is 3.42. The topological polar surface area (TPSA) is 86.8 Å². The molecular formula is C23H25F2N3O4S. The fourth-order valence-corrected chi connectivity index (χ4v) is 4.41. The summed E-state index contributed by atoms with van der Waals surface area (Å²) in [5.41, 5.74) is 0.611. The van der Waals surface area contributed by atoms with Crippen LogP contribution in [0.25, 0.3) is 6.08 Å². The van der Waals surface area contributed by atoms with Gasteiger partial charge in [0.2, 0.25) is 11.8 Å². The van der Waals surface area contributed by atoms with Gasteiger partial charge in [-0.15, -0.1) is 0 Å². The van der Waals surface area contributed by atoms with E-state index in [1.807, 2.05) is 6.07 Å². The lowest BCUT2D eigenvalue weighted by Crippen LogP contribution is -2.39. The van der Waals surface area contributed by atoms with Crippen molar-refractivity contribution in [2.24, 2.45) is 0 Å². The van der Waals surface area contributed by atoms with Gasteiger partial charge >= 0.3 is 0 Å².